The number of benzene rings is 1. The lowest BCUT2D eigenvalue weighted by atomic mass is 10.1. The van der Waals surface area contributed by atoms with E-state index >= 15 is 0 Å². The Morgan fingerprint density at radius 1 is 1.31 bits per heavy atom. The minimum Gasteiger partial charge on any atom is -0.352 e. The van der Waals surface area contributed by atoms with Gasteiger partial charge in [0.1, 0.15) is 0 Å². The number of carbonyl (C=O) groups excluding carboxylic acids is 1. The Hall–Kier alpha value is -1.76. The lowest BCUT2D eigenvalue weighted by Crippen LogP contribution is -2.45. The first-order valence-corrected chi connectivity index (χ1v) is 9.92. The SMILES string of the molecule is CN=C(NCC(=O)N1CCc2sccc2C1)NCc1ccc(Cl)cc1Cl. The minimum absolute atomic E-state index is 0.0642. The van der Waals surface area contributed by atoms with Gasteiger partial charge in [-0.05, 0) is 41.1 Å². The highest BCUT2D eigenvalue weighted by atomic mass is 35.5. The molecule has 1 aliphatic rings. The molecular weight excluding hydrogens is 391 g/mol. The van der Waals surface area contributed by atoms with Gasteiger partial charge in [0.2, 0.25) is 5.91 Å². The van der Waals surface area contributed by atoms with Crippen LogP contribution in [0.3, 0.4) is 0 Å². The molecule has 0 saturated heterocycles. The summed E-state index contributed by atoms with van der Waals surface area (Å²) in [5, 5.41) is 9.51. The summed E-state index contributed by atoms with van der Waals surface area (Å²) in [5.74, 6) is 0.618. The number of nitrogens with zero attached hydrogens (tertiary/aromatic N) is 2. The van der Waals surface area contributed by atoms with Gasteiger partial charge in [-0.15, -0.1) is 11.3 Å². The second-order valence-corrected chi connectivity index (χ2v) is 7.79. The van der Waals surface area contributed by atoms with Crippen LogP contribution in [0.1, 0.15) is 16.0 Å². The van der Waals surface area contributed by atoms with Crippen LogP contribution in [0.15, 0.2) is 34.6 Å². The Bertz CT molecular complexity index is 821. The van der Waals surface area contributed by atoms with Crippen molar-refractivity contribution in [1.29, 1.82) is 0 Å². The molecule has 0 bridgehead atoms. The smallest absolute Gasteiger partial charge is 0.242 e. The van der Waals surface area contributed by atoms with Crippen LogP contribution < -0.4 is 10.6 Å². The maximum Gasteiger partial charge on any atom is 0.242 e. The number of guanidine groups is 1. The quantitative estimate of drug-likeness (QED) is 0.600. The fourth-order valence-electron chi connectivity index (χ4n) is 2.80. The summed E-state index contributed by atoms with van der Waals surface area (Å²) in [7, 11) is 1.67. The third-order valence-electron chi connectivity index (χ3n) is 4.25. The molecule has 8 heteroatoms. The summed E-state index contributed by atoms with van der Waals surface area (Å²) in [4.78, 5) is 19.9. The van der Waals surface area contributed by atoms with Gasteiger partial charge in [0, 0.05) is 41.6 Å². The molecule has 0 unspecified atom stereocenters. The lowest BCUT2D eigenvalue weighted by Gasteiger charge is -2.27. The van der Waals surface area contributed by atoms with E-state index in [0.717, 1.165) is 18.5 Å². The highest BCUT2D eigenvalue weighted by Crippen LogP contribution is 2.24. The Labute approximate surface area is 167 Å². The van der Waals surface area contributed by atoms with E-state index in [4.69, 9.17) is 23.2 Å². The summed E-state index contributed by atoms with van der Waals surface area (Å²) >= 11 is 13.8. The third kappa shape index (κ3) is 4.69. The fraction of sp³-hybridized carbons (Fsp3) is 0.333. The van der Waals surface area contributed by atoms with E-state index in [-0.39, 0.29) is 12.5 Å². The van der Waals surface area contributed by atoms with Crippen molar-refractivity contribution < 1.29 is 4.79 Å². The van der Waals surface area contributed by atoms with Crippen molar-refractivity contribution in [2.24, 2.45) is 4.99 Å². The second kappa shape index (κ2) is 8.75. The van der Waals surface area contributed by atoms with Gasteiger partial charge in [-0.1, -0.05) is 29.3 Å². The first-order valence-electron chi connectivity index (χ1n) is 8.28. The van der Waals surface area contributed by atoms with Gasteiger partial charge in [-0.25, -0.2) is 0 Å². The number of aliphatic imine (C=N–C) groups is 1. The normalized spacial score (nSPS) is 14.1. The lowest BCUT2D eigenvalue weighted by molar-refractivity contribution is -0.130. The van der Waals surface area contributed by atoms with Crippen LogP contribution in [-0.2, 0) is 24.3 Å². The van der Waals surface area contributed by atoms with Gasteiger partial charge in [0.05, 0.1) is 6.54 Å². The summed E-state index contributed by atoms with van der Waals surface area (Å²) in [6.07, 6.45) is 0.931. The molecule has 26 heavy (non-hydrogen) atoms. The number of thiophene rings is 1. The highest BCUT2D eigenvalue weighted by molar-refractivity contribution is 7.10. The zero-order chi connectivity index (χ0) is 18.5. The zero-order valence-electron chi connectivity index (χ0n) is 14.4. The number of amides is 1. The summed E-state index contributed by atoms with van der Waals surface area (Å²) in [6.45, 7) is 2.14. The van der Waals surface area contributed by atoms with Crippen LogP contribution in [0.4, 0.5) is 0 Å². The van der Waals surface area contributed by atoms with Gasteiger partial charge in [-0.3, -0.25) is 9.79 Å². The van der Waals surface area contributed by atoms with Crippen molar-refractivity contribution >= 4 is 46.4 Å². The Balaban J connectivity index is 1.49. The number of carbonyl (C=O) groups is 1. The molecule has 1 aromatic heterocycles. The van der Waals surface area contributed by atoms with E-state index < -0.39 is 0 Å². The molecule has 2 N–H and O–H groups in total. The fourth-order valence-corrected chi connectivity index (χ4v) is 4.16. The number of rotatable bonds is 4. The van der Waals surface area contributed by atoms with Crippen molar-refractivity contribution in [3.8, 4) is 0 Å². The van der Waals surface area contributed by atoms with Crippen molar-refractivity contribution in [1.82, 2.24) is 15.5 Å². The number of hydrogen-bond donors (Lipinski definition) is 2. The minimum atomic E-state index is 0.0642. The molecule has 0 spiro atoms. The number of halogens is 2. The van der Waals surface area contributed by atoms with Gasteiger partial charge >= 0.3 is 0 Å². The average Bonchev–Trinajstić information content (AvgIpc) is 3.10. The topological polar surface area (TPSA) is 56.7 Å². The number of hydrogen-bond acceptors (Lipinski definition) is 3. The molecule has 1 aliphatic heterocycles. The van der Waals surface area contributed by atoms with Gasteiger partial charge in [0.25, 0.3) is 0 Å². The molecule has 5 nitrogen and oxygen atoms in total. The molecule has 0 atom stereocenters. The summed E-state index contributed by atoms with van der Waals surface area (Å²) in [6, 6.07) is 7.46. The predicted molar refractivity (Wildman–Crippen MR) is 108 cm³/mol. The van der Waals surface area contributed by atoms with E-state index in [0.29, 0.717) is 29.1 Å². The van der Waals surface area contributed by atoms with Gasteiger partial charge in [-0.2, -0.15) is 0 Å². The molecule has 2 aromatic rings. The van der Waals surface area contributed by atoms with Crippen LogP contribution in [0.2, 0.25) is 10.0 Å². The van der Waals surface area contributed by atoms with E-state index in [2.05, 4.69) is 27.1 Å². The molecule has 0 radical (unpaired) electrons. The average molecular weight is 411 g/mol. The van der Waals surface area contributed by atoms with Crippen molar-refractivity contribution in [2.75, 3.05) is 20.1 Å². The van der Waals surface area contributed by atoms with Crippen molar-refractivity contribution in [2.45, 2.75) is 19.5 Å². The highest BCUT2D eigenvalue weighted by Gasteiger charge is 2.21. The molecular formula is C18H20Cl2N4OS. The summed E-state index contributed by atoms with van der Waals surface area (Å²) in [5.41, 5.74) is 2.17. The molecule has 3 rings (SSSR count). The Morgan fingerprint density at radius 2 is 2.15 bits per heavy atom. The molecule has 0 aliphatic carbocycles. The maximum absolute atomic E-state index is 12.5. The van der Waals surface area contributed by atoms with Crippen LogP contribution in [0.25, 0.3) is 0 Å². The molecule has 0 fully saturated rings. The van der Waals surface area contributed by atoms with Crippen LogP contribution in [0, 0.1) is 0 Å². The van der Waals surface area contributed by atoms with Crippen LogP contribution >= 0.6 is 34.5 Å². The standard InChI is InChI=1S/C18H20Cl2N4OS/c1-21-18(22-9-12-2-3-14(19)8-15(12)20)23-10-17(25)24-6-4-16-13(11-24)5-7-26-16/h2-3,5,7-8H,4,6,9-11H2,1H3,(H2,21,22,23). The number of nitrogens with one attached hydrogen (secondary N) is 2. The summed E-state index contributed by atoms with van der Waals surface area (Å²) < 4.78 is 0. The van der Waals surface area contributed by atoms with Crippen LogP contribution in [0.5, 0.6) is 0 Å². The van der Waals surface area contributed by atoms with E-state index in [1.54, 1.807) is 30.5 Å². The first-order chi connectivity index (χ1) is 12.6. The van der Waals surface area contributed by atoms with E-state index in [1.165, 1.54) is 10.4 Å². The largest absolute Gasteiger partial charge is 0.352 e. The van der Waals surface area contributed by atoms with Crippen LogP contribution in [-0.4, -0.2) is 36.9 Å². The van der Waals surface area contributed by atoms with Crippen molar-refractivity contribution in [3.63, 3.8) is 0 Å². The second-order valence-electron chi connectivity index (χ2n) is 5.95. The molecule has 1 amide bonds. The Kier molecular flexibility index (Phi) is 6.40. The van der Waals surface area contributed by atoms with Crippen molar-refractivity contribution in [3.05, 3.63) is 55.7 Å². The van der Waals surface area contributed by atoms with Gasteiger partial charge < -0.3 is 15.5 Å². The molecule has 1 aromatic carbocycles. The monoisotopic (exact) mass is 410 g/mol. The molecule has 138 valence electrons. The van der Waals surface area contributed by atoms with Gasteiger partial charge in [0.15, 0.2) is 5.96 Å². The predicted octanol–water partition coefficient (Wildman–Crippen LogP) is 3.30. The van der Waals surface area contributed by atoms with E-state index in [1.807, 2.05) is 11.0 Å². The Morgan fingerprint density at radius 3 is 2.92 bits per heavy atom. The number of fused-ring (bicyclic) bond motifs is 1. The molecule has 2 heterocycles. The maximum atomic E-state index is 12.5. The first kappa shape index (κ1) is 19.0. The molecule has 0 saturated carbocycles. The third-order valence-corrected chi connectivity index (χ3v) is 5.86. The zero-order valence-corrected chi connectivity index (χ0v) is 16.7. The van der Waals surface area contributed by atoms with E-state index in [9.17, 15) is 4.79 Å².